The molecule has 0 spiro atoms. The molecule has 0 bridgehead atoms. The number of likely N-dealkylation sites (N-methyl/N-ethyl adjacent to an activating group) is 1. The van der Waals surface area contributed by atoms with E-state index in [1.165, 1.54) is 18.4 Å². The molecule has 1 saturated carbocycles. The largest absolute Gasteiger partial charge is 0.370 e. The second-order valence-corrected chi connectivity index (χ2v) is 8.67. The highest BCUT2D eigenvalue weighted by Gasteiger charge is 2.43. The van der Waals surface area contributed by atoms with Gasteiger partial charge in [0.05, 0.1) is 6.61 Å². The number of rotatable bonds is 8. The number of aromatic nitrogens is 3. The lowest BCUT2D eigenvalue weighted by molar-refractivity contribution is -0.135. The highest BCUT2D eigenvalue weighted by molar-refractivity contribution is 5.84. The number of ether oxygens (including phenoxy) is 1. The van der Waals surface area contributed by atoms with E-state index in [2.05, 4.69) is 56.2 Å². The summed E-state index contributed by atoms with van der Waals surface area (Å²) in [7, 11) is 0. The maximum atomic E-state index is 13.3. The predicted octanol–water partition coefficient (Wildman–Crippen LogP) is 2.82. The quantitative estimate of drug-likeness (QED) is 0.723. The van der Waals surface area contributed by atoms with Crippen LogP contribution in [0.1, 0.15) is 62.7 Å². The molecule has 7 nitrogen and oxygen atoms in total. The highest BCUT2D eigenvalue weighted by atomic mass is 16.5. The van der Waals surface area contributed by atoms with Gasteiger partial charge in [-0.2, -0.15) is 0 Å². The summed E-state index contributed by atoms with van der Waals surface area (Å²) in [6.07, 6.45) is 4.70. The van der Waals surface area contributed by atoms with E-state index in [0.29, 0.717) is 25.7 Å². The summed E-state index contributed by atoms with van der Waals surface area (Å²) in [4.78, 5) is 15.6. The lowest BCUT2D eigenvalue weighted by atomic mass is 9.98. The lowest BCUT2D eigenvalue weighted by Gasteiger charge is -2.36. The van der Waals surface area contributed by atoms with Crippen molar-refractivity contribution in [3.8, 4) is 0 Å². The van der Waals surface area contributed by atoms with Gasteiger partial charge in [-0.15, -0.1) is 10.2 Å². The summed E-state index contributed by atoms with van der Waals surface area (Å²) in [5, 5.41) is 12.0. The first-order valence-corrected chi connectivity index (χ1v) is 11.2. The summed E-state index contributed by atoms with van der Waals surface area (Å²) in [5.41, 5.74) is 0.486. The van der Waals surface area contributed by atoms with Gasteiger partial charge in [-0.05, 0) is 31.9 Å². The maximum absolute atomic E-state index is 13.3. The van der Waals surface area contributed by atoms with Gasteiger partial charge >= 0.3 is 0 Å². The molecule has 1 unspecified atom stereocenters. The zero-order valence-corrected chi connectivity index (χ0v) is 18.1. The molecule has 1 fully saturated rings. The molecule has 162 valence electrons. The molecule has 2 heterocycles. The molecule has 2 aromatic rings. The van der Waals surface area contributed by atoms with Gasteiger partial charge < -0.3 is 10.1 Å². The Morgan fingerprint density at radius 1 is 1.27 bits per heavy atom. The molecule has 30 heavy (non-hydrogen) atoms. The van der Waals surface area contributed by atoms with Crippen LogP contribution in [0, 0.1) is 0 Å². The first kappa shape index (κ1) is 21.0. The van der Waals surface area contributed by atoms with Crippen LogP contribution in [-0.4, -0.2) is 51.8 Å². The number of hydrogen-bond donors (Lipinski definition) is 1. The van der Waals surface area contributed by atoms with E-state index >= 15 is 0 Å². The second-order valence-electron chi connectivity index (χ2n) is 8.67. The molecule has 2 aliphatic rings. The second kappa shape index (κ2) is 9.27. The summed E-state index contributed by atoms with van der Waals surface area (Å²) < 4.78 is 7.81. The monoisotopic (exact) mass is 411 g/mol. The third kappa shape index (κ3) is 4.27. The van der Waals surface area contributed by atoms with Gasteiger partial charge in [0.15, 0.2) is 5.82 Å². The van der Waals surface area contributed by atoms with Gasteiger partial charge in [-0.1, -0.05) is 50.1 Å². The fraction of sp³-hybridized carbons (Fsp3) is 0.609. The first-order valence-electron chi connectivity index (χ1n) is 11.2. The molecule has 1 aliphatic heterocycles. The van der Waals surface area contributed by atoms with Gasteiger partial charge in [-0.3, -0.25) is 14.3 Å². The minimum absolute atomic E-state index is 0.0155. The van der Waals surface area contributed by atoms with E-state index in [-0.39, 0.29) is 5.91 Å². The van der Waals surface area contributed by atoms with E-state index in [0.717, 1.165) is 44.1 Å². The number of amides is 1. The number of nitrogens with zero attached hydrogens (tertiary/aromatic N) is 4. The highest BCUT2D eigenvalue weighted by Crippen LogP contribution is 2.37. The molecular weight excluding hydrogens is 378 g/mol. The lowest BCUT2D eigenvalue weighted by Crippen LogP contribution is -2.54. The molecule has 1 atom stereocenters. The predicted molar refractivity (Wildman–Crippen MR) is 115 cm³/mol. The van der Waals surface area contributed by atoms with Gasteiger partial charge in [0.1, 0.15) is 18.0 Å². The molecular formula is C23H33N5O2. The van der Waals surface area contributed by atoms with Crippen molar-refractivity contribution in [2.24, 2.45) is 0 Å². The Kier molecular flexibility index (Phi) is 6.49. The molecule has 0 saturated heterocycles. The van der Waals surface area contributed by atoms with Gasteiger partial charge in [0.25, 0.3) is 0 Å². The molecule has 1 aliphatic carbocycles. The van der Waals surface area contributed by atoms with Crippen LogP contribution in [0.5, 0.6) is 0 Å². The maximum Gasteiger partial charge on any atom is 0.248 e. The Labute approximate surface area is 178 Å². The Morgan fingerprint density at radius 2 is 2.03 bits per heavy atom. The third-order valence-electron chi connectivity index (χ3n) is 6.48. The minimum Gasteiger partial charge on any atom is -0.370 e. The van der Waals surface area contributed by atoms with Crippen LogP contribution in [0.3, 0.4) is 0 Å². The van der Waals surface area contributed by atoms with E-state index in [4.69, 9.17) is 4.74 Å². The van der Waals surface area contributed by atoms with E-state index in [1.807, 2.05) is 13.0 Å². The zero-order valence-electron chi connectivity index (χ0n) is 18.1. The van der Waals surface area contributed by atoms with E-state index in [1.54, 1.807) is 0 Å². The van der Waals surface area contributed by atoms with Crippen molar-refractivity contribution in [1.82, 2.24) is 25.0 Å². The topological polar surface area (TPSA) is 72.3 Å². The number of hydrogen-bond acceptors (Lipinski definition) is 5. The van der Waals surface area contributed by atoms with Crippen LogP contribution in [0.4, 0.5) is 0 Å². The molecule has 0 radical (unpaired) electrons. The fourth-order valence-corrected chi connectivity index (χ4v) is 4.69. The van der Waals surface area contributed by atoms with Gasteiger partial charge in [0, 0.05) is 25.6 Å². The molecule has 1 aromatic heterocycles. The first-order chi connectivity index (χ1) is 14.6. The average molecular weight is 412 g/mol. The van der Waals surface area contributed by atoms with Crippen LogP contribution < -0.4 is 5.32 Å². The van der Waals surface area contributed by atoms with Crippen LogP contribution in [0.2, 0.25) is 0 Å². The van der Waals surface area contributed by atoms with Crippen molar-refractivity contribution < 1.29 is 9.53 Å². The Morgan fingerprint density at radius 3 is 2.77 bits per heavy atom. The normalized spacial score (nSPS) is 21.7. The van der Waals surface area contributed by atoms with Crippen molar-refractivity contribution in [1.29, 1.82) is 0 Å². The van der Waals surface area contributed by atoms with Crippen molar-refractivity contribution in [3.05, 3.63) is 47.5 Å². The average Bonchev–Trinajstić information content (AvgIpc) is 3.44. The minimum atomic E-state index is -0.800. The Balaban J connectivity index is 1.41. The van der Waals surface area contributed by atoms with Crippen LogP contribution in [0.25, 0.3) is 0 Å². The fourth-order valence-electron chi connectivity index (χ4n) is 4.69. The zero-order chi connectivity index (χ0) is 21.0. The van der Waals surface area contributed by atoms with Crippen LogP contribution >= 0.6 is 0 Å². The molecule has 1 amide bonds. The molecule has 1 N–H and O–H groups in total. The van der Waals surface area contributed by atoms with Crippen LogP contribution in [-0.2, 0) is 28.2 Å². The summed E-state index contributed by atoms with van der Waals surface area (Å²) in [6, 6.07) is 10.4. The van der Waals surface area contributed by atoms with E-state index in [9.17, 15) is 4.79 Å². The molecule has 7 heteroatoms. The summed E-state index contributed by atoms with van der Waals surface area (Å²) in [5.74, 6) is 2.11. The number of carbonyl (C=O) groups excluding carboxylic acids is 1. The van der Waals surface area contributed by atoms with Crippen molar-refractivity contribution in [2.75, 3.05) is 26.2 Å². The number of benzene rings is 1. The number of carbonyl (C=O) groups is 1. The summed E-state index contributed by atoms with van der Waals surface area (Å²) >= 11 is 0. The van der Waals surface area contributed by atoms with Crippen LogP contribution in [0.15, 0.2) is 30.3 Å². The standard InChI is InChI=1S/C23H33N5O2/c1-3-27(15-18-9-5-4-6-10-18)14-13-24-22(29)23(2)17-30-16-20-25-26-21(28(20)23)19-11-7-8-12-19/h4-6,9-10,19H,3,7-8,11-17H2,1-2H3,(H,24,29). The Bertz CT molecular complexity index is 847. The number of nitrogens with one attached hydrogen (secondary N) is 1. The van der Waals surface area contributed by atoms with Crippen molar-refractivity contribution in [3.63, 3.8) is 0 Å². The van der Waals surface area contributed by atoms with Crippen molar-refractivity contribution >= 4 is 5.91 Å². The van der Waals surface area contributed by atoms with Crippen molar-refractivity contribution in [2.45, 2.75) is 64.1 Å². The molecule has 1 aromatic carbocycles. The Hall–Kier alpha value is -2.25. The SMILES string of the molecule is CCN(CCNC(=O)C1(C)COCc2nnc(C3CCCC3)n21)Cc1ccccc1. The third-order valence-corrected chi connectivity index (χ3v) is 6.48. The number of fused-ring (bicyclic) bond motifs is 1. The molecule has 4 rings (SSSR count). The van der Waals surface area contributed by atoms with E-state index < -0.39 is 5.54 Å². The smallest absolute Gasteiger partial charge is 0.248 e. The van der Waals surface area contributed by atoms with Gasteiger partial charge in [0.2, 0.25) is 5.91 Å². The summed E-state index contributed by atoms with van der Waals surface area (Å²) in [6.45, 7) is 8.10. The van der Waals surface area contributed by atoms with Gasteiger partial charge in [-0.25, -0.2) is 0 Å².